The molecule has 0 spiro atoms. The Morgan fingerprint density at radius 2 is 1.69 bits per heavy atom. The van der Waals surface area contributed by atoms with Gasteiger partial charge in [0, 0.05) is 22.8 Å². The van der Waals surface area contributed by atoms with E-state index in [0.717, 1.165) is 5.56 Å². The topological polar surface area (TPSA) is 84.5 Å². The maximum atomic E-state index is 12.6. The standard InChI is InChI=1S/C21H19ClN2O4S/c1-28-19-9-11-20(12-10-19)29(26,27)24-18-4-2-3-16(13-18)21(25)23-14-15-5-7-17(22)8-6-15/h2-13,24H,14H2,1H3,(H,23,25). The average Bonchev–Trinajstić information content (AvgIpc) is 2.73. The highest BCUT2D eigenvalue weighted by molar-refractivity contribution is 7.92. The van der Waals surface area contributed by atoms with Gasteiger partial charge in [-0.05, 0) is 60.2 Å². The second-order valence-corrected chi connectivity index (χ2v) is 8.29. The number of carbonyl (C=O) groups is 1. The van der Waals surface area contributed by atoms with E-state index in [1.54, 1.807) is 42.5 Å². The zero-order valence-electron chi connectivity index (χ0n) is 15.6. The molecule has 2 N–H and O–H groups in total. The Morgan fingerprint density at radius 1 is 1.00 bits per heavy atom. The summed E-state index contributed by atoms with van der Waals surface area (Å²) < 4.78 is 32.6. The van der Waals surface area contributed by atoms with Gasteiger partial charge in [-0.25, -0.2) is 8.42 Å². The lowest BCUT2D eigenvalue weighted by Crippen LogP contribution is -2.23. The Bertz CT molecular complexity index is 1100. The molecule has 0 aromatic heterocycles. The molecule has 0 fully saturated rings. The maximum Gasteiger partial charge on any atom is 0.261 e. The second-order valence-electron chi connectivity index (χ2n) is 6.17. The smallest absolute Gasteiger partial charge is 0.261 e. The molecule has 3 aromatic rings. The molecule has 0 bridgehead atoms. The first-order valence-electron chi connectivity index (χ1n) is 8.67. The van der Waals surface area contributed by atoms with Crippen molar-refractivity contribution in [3.63, 3.8) is 0 Å². The lowest BCUT2D eigenvalue weighted by molar-refractivity contribution is 0.0951. The first-order valence-corrected chi connectivity index (χ1v) is 10.5. The first-order chi connectivity index (χ1) is 13.9. The van der Waals surface area contributed by atoms with Gasteiger partial charge in [0.05, 0.1) is 12.0 Å². The Labute approximate surface area is 174 Å². The van der Waals surface area contributed by atoms with Crippen LogP contribution in [0.1, 0.15) is 15.9 Å². The molecule has 0 aliphatic rings. The van der Waals surface area contributed by atoms with Crippen molar-refractivity contribution in [3.05, 3.63) is 88.9 Å². The molecule has 0 saturated carbocycles. The molecule has 150 valence electrons. The zero-order chi connectivity index (χ0) is 20.9. The van der Waals surface area contributed by atoms with Crippen LogP contribution in [0, 0.1) is 0 Å². The highest BCUT2D eigenvalue weighted by Gasteiger charge is 2.15. The number of methoxy groups -OCH3 is 1. The van der Waals surface area contributed by atoms with Gasteiger partial charge in [0.1, 0.15) is 5.75 Å². The Morgan fingerprint density at radius 3 is 2.34 bits per heavy atom. The number of hydrogen-bond donors (Lipinski definition) is 2. The van der Waals surface area contributed by atoms with Gasteiger partial charge in [-0.1, -0.05) is 29.8 Å². The van der Waals surface area contributed by atoms with Crippen LogP contribution in [0.4, 0.5) is 5.69 Å². The van der Waals surface area contributed by atoms with Gasteiger partial charge in [0.15, 0.2) is 0 Å². The predicted molar refractivity (Wildman–Crippen MR) is 113 cm³/mol. The molecule has 0 radical (unpaired) electrons. The summed E-state index contributed by atoms with van der Waals surface area (Å²) in [6.45, 7) is 0.331. The Kier molecular flexibility index (Phi) is 6.41. The van der Waals surface area contributed by atoms with E-state index in [4.69, 9.17) is 16.3 Å². The number of rotatable bonds is 7. The van der Waals surface area contributed by atoms with E-state index in [1.165, 1.54) is 25.3 Å². The number of carbonyl (C=O) groups excluding carboxylic acids is 1. The van der Waals surface area contributed by atoms with Crippen LogP contribution in [0.15, 0.2) is 77.7 Å². The summed E-state index contributed by atoms with van der Waals surface area (Å²) in [7, 11) is -2.28. The molecule has 6 nitrogen and oxygen atoms in total. The lowest BCUT2D eigenvalue weighted by Gasteiger charge is -2.10. The molecule has 0 unspecified atom stereocenters. The van der Waals surface area contributed by atoms with E-state index in [2.05, 4.69) is 10.0 Å². The number of ether oxygens (including phenoxy) is 1. The van der Waals surface area contributed by atoms with Crippen LogP contribution in [0.3, 0.4) is 0 Å². The van der Waals surface area contributed by atoms with Gasteiger partial charge in [-0.15, -0.1) is 0 Å². The molecule has 0 heterocycles. The largest absolute Gasteiger partial charge is 0.497 e. The molecule has 3 rings (SSSR count). The van der Waals surface area contributed by atoms with Crippen LogP contribution >= 0.6 is 11.6 Å². The predicted octanol–water partition coefficient (Wildman–Crippen LogP) is 4.08. The fourth-order valence-electron chi connectivity index (χ4n) is 2.58. The summed E-state index contributed by atoms with van der Waals surface area (Å²) in [5.74, 6) is 0.244. The van der Waals surface area contributed by atoms with Gasteiger partial charge >= 0.3 is 0 Å². The van der Waals surface area contributed by atoms with Crippen molar-refractivity contribution in [1.29, 1.82) is 0 Å². The van der Waals surface area contributed by atoms with Crippen molar-refractivity contribution in [2.24, 2.45) is 0 Å². The van der Waals surface area contributed by atoms with Crippen LogP contribution in [0.25, 0.3) is 0 Å². The van der Waals surface area contributed by atoms with E-state index < -0.39 is 10.0 Å². The molecule has 8 heteroatoms. The fraction of sp³-hybridized carbons (Fsp3) is 0.0952. The normalized spacial score (nSPS) is 11.0. The minimum atomic E-state index is -3.79. The van der Waals surface area contributed by atoms with Crippen molar-refractivity contribution in [2.75, 3.05) is 11.8 Å². The monoisotopic (exact) mass is 430 g/mol. The van der Waals surface area contributed by atoms with Crippen molar-refractivity contribution < 1.29 is 17.9 Å². The van der Waals surface area contributed by atoms with Crippen LogP contribution in [0.2, 0.25) is 5.02 Å². The number of amides is 1. The molecule has 1 amide bonds. The number of hydrogen-bond acceptors (Lipinski definition) is 4. The van der Waals surface area contributed by atoms with Crippen molar-refractivity contribution >= 4 is 33.2 Å². The van der Waals surface area contributed by atoms with E-state index >= 15 is 0 Å². The zero-order valence-corrected chi connectivity index (χ0v) is 17.1. The molecule has 0 aliphatic carbocycles. The molecular weight excluding hydrogens is 412 g/mol. The number of sulfonamides is 1. The van der Waals surface area contributed by atoms with E-state index in [0.29, 0.717) is 28.6 Å². The summed E-state index contributed by atoms with van der Waals surface area (Å²) in [6, 6.07) is 19.5. The van der Waals surface area contributed by atoms with Gasteiger partial charge in [-0.2, -0.15) is 0 Å². The minimum Gasteiger partial charge on any atom is -0.497 e. The summed E-state index contributed by atoms with van der Waals surface area (Å²) in [5.41, 5.74) is 1.54. The number of anilines is 1. The van der Waals surface area contributed by atoms with E-state index in [-0.39, 0.29) is 10.8 Å². The minimum absolute atomic E-state index is 0.0934. The lowest BCUT2D eigenvalue weighted by atomic mass is 10.2. The highest BCUT2D eigenvalue weighted by atomic mass is 35.5. The quantitative estimate of drug-likeness (QED) is 0.591. The van der Waals surface area contributed by atoms with Gasteiger partial charge in [0.25, 0.3) is 15.9 Å². The Hall–Kier alpha value is -3.03. The Balaban J connectivity index is 1.69. The van der Waals surface area contributed by atoms with Gasteiger partial charge < -0.3 is 10.1 Å². The van der Waals surface area contributed by atoms with Crippen molar-refractivity contribution in [1.82, 2.24) is 5.32 Å². The summed E-state index contributed by atoms with van der Waals surface area (Å²) >= 11 is 5.85. The van der Waals surface area contributed by atoms with Crippen LogP contribution < -0.4 is 14.8 Å². The van der Waals surface area contributed by atoms with E-state index in [1.807, 2.05) is 12.1 Å². The molecule has 0 atom stereocenters. The average molecular weight is 431 g/mol. The third kappa shape index (κ3) is 5.49. The molecule has 29 heavy (non-hydrogen) atoms. The third-order valence-corrected chi connectivity index (χ3v) is 5.76. The summed E-state index contributed by atoms with van der Waals surface area (Å²) in [6.07, 6.45) is 0. The third-order valence-electron chi connectivity index (χ3n) is 4.11. The summed E-state index contributed by atoms with van der Waals surface area (Å²) in [4.78, 5) is 12.5. The van der Waals surface area contributed by atoms with Gasteiger partial charge in [0.2, 0.25) is 0 Å². The van der Waals surface area contributed by atoms with Crippen LogP contribution in [0.5, 0.6) is 5.75 Å². The second kappa shape index (κ2) is 8.98. The van der Waals surface area contributed by atoms with Crippen molar-refractivity contribution in [2.45, 2.75) is 11.4 Å². The fourth-order valence-corrected chi connectivity index (χ4v) is 3.76. The van der Waals surface area contributed by atoms with E-state index in [9.17, 15) is 13.2 Å². The molecule has 0 saturated heterocycles. The highest BCUT2D eigenvalue weighted by Crippen LogP contribution is 2.20. The molecule has 0 aliphatic heterocycles. The summed E-state index contributed by atoms with van der Waals surface area (Å²) in [5, 5.41) is 3.42. The number of nitrogens with one attached hydrogen (secondary N) is 2. The van der Waals surface area contributed by atoms with Crippen LogP contribution in [-0.4, -0.2) is 21.4 Å². The van der Waals surface area contributed by atoms with Crippen molar-refractivity contribution in [3.8, 4) is 5.75 Å². The molecular formula is C21H19ClN2O4S. The molecule has 3 aromatic carbocycles. The van der Waals surface area contributed by atoms with Crippen LogP contribution in [-0.2, 0) is 16.6 Å². The van der Waals surface area contributed by atoms with Gasteiger partial charge in [-0.3, -0.25) is 9.52 Å². The SMILES string of the molecule is COc1ccc(S(=O)(=O)Nc2cccc(C(=O)NCc3ccc(Cl)cc3)c2)cc1. The number of benzene rings is 3. The maximum absolute atomic E-state index is 12.6. The number of halogens is 1. The first kappa shape index (κ1) is 20.7.